The smallest absolute Gasteiger partial charge is 0.317 e. The highest BCUT2D eigenvalue weighted by molar-refractivity contribution is 5.74. The summed E-state index contributed by atoms with van der Waals surface area (Å²) in [4.78, 5) is 18.4. The normalized spacial score (nSPS) is 22.5. The molecule has 0 bridgehead atoms. The highest BCUT2D eigenvalue weighted by atomic mass is 16.5. The van der Waals surface area contributed by atoms with Gasteiger partial charge in [0, 0.05) is 30.8 Å². The molecule has 0 radical (unpaired) electrons. The largest absolute Gasteiger partial charge is 0.472 e. The molecule has 1 aromatic heterocycles. The van der Waals surface area contributed by atoms with Crippen molar-refractivity contribution in [3.8, 4) is 5.88 Å². The molecule has 2 aliphatic rings. The predicted octanol–water partition coefficient (Wildman–Crippen LogP) is 2.50. The lowest BCUT2D eigenvalue weighted by Crippen LogP contribution is -2.43. The van der Waals surface area contributed by atoms with E-state index in [-0.39, 0.29) is 12.1 Å². The highest BCUT2D eigenvalue weighted by Crippen LogP contribution is 2.20. The quantitative estimate of drug-likeness (QED) is 0.930. The van der Waals surface area contributed by atoms with Crippen LogP contribution < -0.4 is 10.1 Å². The van der Waals surface area contributed by atoms with E-state index < -0.39 is 0 Å². The fraction of sp³-hybridized carbons (Fsp3) is 0.625. The van der Waals surface area contributed by atoms with Crippen LogP contribution >= 0.6 is 0 Å². The predicted molar refractivity (Wildman–Crippen MR) is 80.4 cm³/mol. The van der Waals surface area contributed by atoms with Gasteiger partial charge in [-0.3, -0.25) is 0 Å². The maximum atomic E-state index is 12.2. The molecule has 2 heterocycles. The molecule has 1 atom stereocenters. The number of ether oxygens (including phenoxy) is 1. The molecule has 5 heteroatoms. The second kappa shape index (κ2) is 6.33. The Morgan fingerprint density at radius 1 is 1.33 bits per heavy atom. The summed E-state index contributed by atoms with van der Waals surface area (Å²) in [6.45, 7) is 3.35. The van der Waals surface area contributed by atoms with E-state index in [4.69, 9.17) is 4.74 Å². The lowest BCUT2D eigenvalue weighted by Gasteiger charge is -2.20. The maximum absolute atomic E-state index is 12.2. The second-order valence-electron chi connectivity index (χ2n) is 6.02. The Bertz CT molecular complexity index is 500. The number of nitrogens with one attached hydrogen (secondary N) is 1. The molecule has 1 aromatic rings. The number of hydrogen-bond acceptors (Lipinski definition) is 3. The molecule has 1 saturated heterocycles. The summed E-state index contributed by atoms with van der Waals surface area (Å²) in [5.74, 6) is 0.651. The van der Waals surface area contributed by atoms with Crippen LogP contribution in [-0.4, -0.2) is 41.2 Å². The lowest BCUT2D eigenvalue weighted by molar-refractivity contribution is 0.181. The van der Waals surface area contributed by atoms with Gasteiger partial charge >= 0.3 is 6.03 Å². The van der Waals surface area contributed by atoms with E-state index in [1.165, 1.54) is 12.8 Å². The first-order chi connectivity index (χ1) is 10.2. The Hall–Kier alpha value is -1.78. The van der Waals surface area contributed by atoms with E-state index in [1.807, 2.05) is 30.0 Å². The minimum Gasteiger partial charge on any atom is -0.472 e. The van der Waals surface area contributed by atoms with Gasteiger partial charge in [0.15, 0.2) is 0 Å². The van der Waals surface area contributed by atoms with E-state index in [1.54, 1.807) is 0 Å². The summed E-state index contributed by atoms with van der Waals surface area (Å²) in [6.07, 6.45) is 5.62. The minimum absolute atomic E-state index is 0.0497. The van der Waals surface area contributed by atoms with E-state index >= 15 is 0 Å². The first kappa shape index (κ1) is 14.2. The van der Waals surface area contributed by atoms with Crippen LogP contribution in [0.4, 0.5) is 4.79 Å². The number of carbonyl (C=O) groups excluding carboxylic acids is 1. The molecule has 2 fully saturated rings. The van der Waals surface area contributed by atoms with Gasteiger partial charge in [-0.2, -0.15) is 0 Å². The SMILES string of the molecule is Cc1cccc(OC2CCN(C(=O)NC3CCCC3)C2)n1. The molecule has 0 spiro atoms. The number of pyridine rings is 1. The number of aryl methyl sites for hydroxylation is 1. The second-order valence-corrected chi connectivity index (χ2v) is 6.02. The summed E-state index contributed by atoms with van der Waals surface area (Å²) in [5, 5.41) is 3.13. The van der Waals surface area contributed by atoms with Crippen LogP contribution in [0, 0.1) is 6.92 Å². The van der Waals surface area contributed by atoms with Gasteiger partial charge in [0.05, 0.1) is 6.54 Å². The standard InChI is InChI=1S/C16H23N3O2/c1-12-5-4-8-15(17-12)21-14-9-10-19(11-14)16(20)18-13-6-2-3-7-13/h4-5,8,13-14H,2-3,6-7,9-11H2,1H3,(H,18,20). The van der Waals surface area contributed by atoms with Gasteiger partial charge in [0.2, 0.25) is 5.88 Å². The monoisotopic (exact) mass is 289 g/mol. The van der Waals surface area contributed by atoms with Gasteiger partial charge in [0.1, 0.15) is 6.10 Å². The molecular formula is C16H23N3O2. The third kappa shape index (κ3) is 3.65. The summed E-state index contributed by atoms with van der Waals surface area (Å²) in [7, 11) is 0. The molecule has 1 saturated carbocycles. The zero-order chi connectivity index (χ0) is 14.7. The molecule has 1 unspecified atom stereocenters. The molecular weight excluding hydrogens is 266 g/mol. The Kier molecular flexibility index (Phi) is 4.27. The number of rotatable bonds is 3. The lowest BCUT2D eigenvalue weighted by atomic mass is 10.2. The molecule has 21 heavy (non-hydrogen) atoms. The van der Waals surface area contributed by atoms with Gasteiger partial charge in [-0.05, 0) is 25.8 Å². The Morgan fingerprint density at radius 2 is 2.14 bits per heavy atom. The number of hydrogen-bond donors (Lipinski definition) is 1. The average molecular weight is 289 g/mol. The number of likely N-dealkylation sites (tertiary alicyclic amines) is 1. The molecule has 1 aliphatic carbocycles. The van der Waals surface area contributed by atoms with Crippen molar-refractivity contribution < 1.29 is 9.53 Å². The first-order valence-electron chi connectivity index (χ1n) is 7.86. The summed E-state index contributed by atoms with van der Waals surface area (Å²) in [6, 6.07) is 6.19. The van der Waals surface area contributed by atoms with Gasteiger partial charge in [-0.25, -0.2) is 9.78 Å². The molecule has 0 aromatic carbocycles. The van der Waals surface area contributed by atoms with Crippen molar-refractivity contribution in [2.75, 3.05) is 13.1 Å². The average Bonchev–Trinajstić information content (AvgIpc) is 3.10. The molecule has 2 amide bonds. The zero-order valence-electron chi connectivity index (χ0n) is 12.5. The van der Waals surface area contributed by atoms with Gasteiger partial charge < -0.3 is 15.0 Å². The fourth-order valence-corrected chi connectivity index (χ4v) is 3.10. The van der Waals surface area contributed by atoms with E-state index in [0.717, 1.165) is 31.5 Å². The molecule has 114 valence electrons. The van der Waals surface area contributed by atoms with Crippen molar-refractivity contribution in [3.05, 3.63) is 23.9 Å². The van der Waals surface area contributed by atoms with Crippen LogP contribution in [0.5, 0.6) is 5.88 Å². The van der Waals surface area contributed by atoms with Crippen molar-refractivity contribution in [1.29, 1.82) is 0 Å². The van der Waals surface area contributed by atoms with Crippen molar-refractivity contribution in [2.45, 2.75) is 51.2 Å². The topological polar surface area (TPSA) is 54.5 Å². The van der Waals surface area contributed by atoms with Crippen LogP contribution in [0.15, 0.2) is 18.2 Å². The number of aromatic nitrogens is 1. The van der Waals surface area contributed by atoms with Crippen molar-refractivity contribution >= 4 is 6.03 Å². The Morgan fingerprint density at radius 3 is 2.90 bits per heavy atom. The molecule has 1 aliphatic heterocycles. The van der Waals surface area contributed by atoms with Crippen LogP contribution in [0.3, 0.4) is 0 Å². The zero-order valence-corrected chi connectivity index (χ0v) is 12.5. The third-order valence-corrected chi connectivity index (χ3v) is 4.27. The van der Waals surface area contributed by atoms with E-state index in [2.05, 4.69) is 10.3 Å². The van der Waals surface area contributed by atoms with Gasteiger partial charge in [0.25, 0.3) is 0 Å². The van der Waals surface area contributed by atoms with E-state index in [9.17, 15) is 4.79 Å². The van der Waals surface area contributed by atoms with Gasteiger partial charge in [-0.1, -0.05) is 18.9 Å². The third-order valence-electron chi connectivity index (χ3n) is 4.27. The van der Waals surface area contributed by atoms with Crippen LogP contribution in [0.1, 0.15) is 37.8 Å². The number of urea groups is 1. The Labute approximate surface area is 125 Å². The summed E-state index contributed by atoms with van der Waals surface area (Å²) in [5.41, 5.74) is 0.946. The number of nitrogens with zero attached hydrogens (tertiary/aromatic N) is 2. The molecule has 5 nitrogen and oxygen atoms in total. The van der Waals surface area contributed by atoms with Gasteiger partial charge in [-0.15, -0.1) is 0 Å². The number of carbonyl (C=O) groups is 1. The van der Waals surface area contributed by atoms with Crippen molar-refractivity contribution in [1.82, 2.24) is 15.2 Å². The van der Waals surface area contributed by atoms with Crippen LogP contribution in [0.2, 0.25) is 0 Å². The van der Waals surface area contributed by atoms with Crippen LogP contribution in [0.25, 0.3) is 0 Å². The number of amides is 2. The van der Waals surface area contributed by atoms with Crippen LogP contribution in [-0.2, 0) is 0 Å². The molecule has 3 rings (SSSR count). The highest BCUT2D eigenvalue weighted by Gasteiger charge is 2.29. The minimum atomic E-state index is 0.0497. The maximum Gasteiger partial charge on any atom is 0.317 e. The summed E-state index contributed by atoms with van der Waals surface area (Å²) < 4.78 is 5.87. The van der Waals surface area contributed by atoms with Crippen molar-refractivity contribution in [2.24, 2.45) is 0 Å². The summed E-state index contributed by atoms with van der Waals surface area (Å²) >= 11 is 0. The van der Waals surface area contributed by atoms with E-state index in [0.29, 0.717) is 18.5 Å². The Balaban J connectivity index is 1.49. The fourth-order valence-electron chi connectivity index (χ4n) is 3.10. The van der Waals surface area contributed by atoms with Crippen molar-refractivity contribution in [3.63, 3.8) is 0 Å². The molecule has 1 N–H and O–H groups in total. The first-order valence-corrected chi connectivity index (χ1v) is 7.86.